The molecule has 0 saturated heterocycles. The first-order valence-corrected chi connectivity index (χ1v) is 17.7. The molecule has 1 fully saturated rings. The van der Waals surface area contributed by atoms with E-state index in [1.807, 2.05) is 86.6 Å². The van der Waals surface area contributed by atoms with Crippen LogP contribution in [0.5, 0.6) is 5.75 Å². The van der Waals surface area contributed by atoms with Crippen LogP contribution in [0.2, 0.25) is 0 Å². The van der Waals surface area contributed by atoms with Crippen molar-refractivity contribution in [2.75, 3.05) is 17.5 Å². The van der Waals surface area contributed by atoms with Crippen molar-refractivity contribution in [2.45, 2.75) is 69.5 Å². The lowest BCUT2D eigenvalue weighted by Crippen LogP contribution is -2.54. The van der Waals surface area contributed by atoms with Crippen LogP contribution in [0, 0.1) is 6.92 Å². The number of aryl methyl sites for hydroxylation is 1. The first-order valence-electron chi connectivity index (χ1n) is 16.2. The van der Waals surface area contributed by atoms with Gasteiger partial charge in [-0.1, -0.05) is 91.2 Å². The normalized spacial score (nSPS) is 13.9. The van der Waals surface area contributed by atoms with Gasteiger partial charge in [0.1, 0.15) is 18.3 Å². The quantitative estimate of drug-likeness (QED) is 0.173. The molecule has 0 heterocycles. The molecule has 5 rings (SSSR count). The van der Waals surface area contributed by atoms with E-state index >= 15 is 0 Å². The van der Waals surface area contributed by atoms with Crippen LogP contribution in [-0.2, 0) is 32.6 Å². The molecule has 246 valence electrons. The van der Waals surface area contributed by atoms with Crippen molar-refractivity contribution in [1.82, 2.24) is 10.2 Å². The molecule has 1 unspecified atom stereocenters. The van der Waals surface area contributed by atoms with Crippen LogP contribution >= 0.6 is 0 Å². The average molecular weight is 654 g/mol. The van der Waals surface area contributed by atoms with Gasteiger partial charge in [0.25, 0.3) is 10.0 Å². The molecule has 9 heteroatoms. The molecule has 0 aliphatic heterocycles. The molecule has 1 aliphatic carbocycles. The summed E-state index contributed by atoms with van der Waals surface area (Å²) >= 11 is 0. The Labute approximate surface area is 278 Å². The van der Waals surface area contributed by atoms with E-state index in [0.717, 1.165) is 46.7 Å². The zero-order valence-corrected chi connectivity index (χ0v) is 27.9. The summed E-state index contributed by atoms with van der Waals surface area (Å²) in [5.74, 6) is -0.164. The summed E-state index contributed by atoms with van der Waals surface area (Å²) in [4.78, 5) is 30.3. The van der Waals surface area contributed by atoms with Gasteiger partial charge < -0.3 is 15.0 Å². The Morgan fingerprint density at radius 1 is 0.830 bits per heavy atom. The van der Waals surface area contributed by atoms with E-state index in [4.69, 9.17) is 4.74 Å². The molecule has 47 heavy (non-hydrogen) atoms. The second kappa shape index (κ2) is 15.8. The Morgan fingerprint density at radius 3 is 2.02 bits per heavy atom. The summed E-state index contributed by atoms with van der Waals surface area (Å²) in [5.41, 5.74) is 3.05. The third kappa shape index (κ3) is 8.80. The largest absolute Gasteiger partial charge is 0.494 e. The topological polar surface area (TPSA) is 96.0 Å². The van der Waals surface area contributed by atoms with Crippen LogP contribution in [0.3, 0.4) is 0 Å². The third-order valence-electron chi connectivity index (χ3n) is 8.49. The summed E-state index contributed by atoms with van der Waals surface area (Å²) in [6, 6.07) is 31.5. The molecule has 4 aromatic carbocycles. The van der Waals surface area contributed by atoms with Gasteiger partial charge in [-0.15, -0.1) is 0 Å². The monoisotopic (exact) mass is 653 g/mol. The van der Waals surface area contributed by atoms with Crippen LogP contribution in [0.4, 0.5) is 5.69 Å². The van der Waals surface area contributed by atoms with Crippen LogP contribution in [0.25, 0.3) is 0 Å². The van der Waals surface area contributed by atoms with E-state index in [0.29, 0.717) is 18.0 Å². The lowest BCUT2D eigenvalue weighted by molar-refractivity contribution is -0.140. The number of nitrogens with one attached hydrogen (secondary N) is 1. The number of sulfonamides is 1. The Morgan fingerprint density at radius 2 is 1.43 bits per heavy atom. The SMILES string of the molecule is CCOc1ccc(S(=O)(=O)N(CC(=O)N(Cc2ccccc2)C(Cc2ccccc2)C(=O)NC2CCCC2)c2ccc(C)cc2)cc1. The van der Waals surface area contributed by atoms with Crippen LogP contribution in [-0.4, -0.2) is 50.4 Å². The molecular formula is C38H43N3O5S. The number of benzene rings is 4. The van der Waals surface area contributed by atoms with Crippen LogP contribution in [0.1, 0.15) is 49.3 Å². The minimum Gasteiger partial charge on any atom is -0.494 e. The third-order valence-corrected chi connectivity index (χ3v) is 10.3. The molecule has 4 aromatic rings. The number of rotatable bonds is 14. The number of carbonyl (C=O) groups is 2. The van der Waals surface area contributed by atoms with Crippen LogP contribution < -0.4 is 14.4 Å². The van der Waals surface area contributed by atoms with Crippen molar-refractivity contribution in [2.24, 2.45) is 0 Å². The van der Waals surface area contributed by atoms with Crippen molar-refractivity contribution in [1.29, 1.82) is 0 Å². The van der Waals surface area contributed by atoms with Gasteiger partial charge in [-0.3, -0.25) is 13.9 Å². The lowest BCUT2D eigenvalue weighted by atomic mass is 10.0. The second-order valence-electron chi connectivity index (χ2n) is 12.0. The first-order chi connectivity index (χ1) is 22.7. The van der Waals surface area contributed by atoms with Crippen molar-refractivity contribution in [3.8, 4) is 5.75 Å². The Balaban J connectivity index is 1.54. The fourth-order valence-electron chi connectivity index (χ4n) is 5.94. The minimum atomic E-state index is -4.19. The van der Waals surface area contributed by atoms with E-state index in [1.165, 1.54) is 12.1 Å². The lowest BCUT2D eigenvalue weighted by Gasteiger charge is -2.34. The molecular weight excluding hydrogens is 611 g/mol. The zero-order valence-electron chi connectivity index (χ0n) is 27.0. The molecule has 0 bridgehead atoms. The maximum Gasteiger partial charge on any atom is 0.264 e. The van der Waals surface area contributed by atoms with E-state index in [1.54, 1.807) is 29.2 Å². The Bertz CT molecular complexity index is 1710. The predicted molar refractivity (Wildman–Crippen MR) is 185 cm³/mol. The van der Waals surface area contributed by atoms with Crippen molar-refractivity contribution >= 4 is 27.5 Å². The van der Waals surface area contributed by atoms with Crippen molar-refractivity contribution < 1.29 is 22.7 Å². The maximum atomic E-state index is 14.6. The number of hydrogen-bond acceptors (Lipinski definition) is 5. The van der Waals surface area contributed by atoms with Crippen molar-refractivity contribution in [3.05, 3.63) is 126 Å². The van der Waals surface area contributed by atoms with E-state index in [2.05, 4.69) is 5.32 Å². The van der Waals surface area contributed by atoms with E-state index in [9.17, 15) is 18.0 Å². The highest BCUT2D eigenvalue weighted by molar-refractivity contribution is 7.92. The molecule has 0 spiro atoms. The smallest absolute Gasteiger partial charge is 0.264 e. The second-order valence-corrected chi connectivity index (χ2v) is 13.8. The average Bonchev–Trinajstić information content (AvgIpc) is 3.60. The highest BCUT2D eigenvalue weighted by atomic mass is 32.2. The highest BCUT2D eigenvalue weighted by Gasteiger charge is 2.35. The Kier molecular flexibility index (Phi) is 11.3. The molecule has 8 nitrogen and oxygen atoms in total. The molecule has 2 amide bonds. The van der Waals surface area contributed by atoms with Crippen LogP contribution in [0.15, 0.2) is 114 Å². The summed E-state index contributed by atoms with van der Waals surface area (Å²) in [5, 5.41) is 3.21. The summed E-state index contributed by atoms with van der Waals surface area (Å²) in [6.07, 6.45) is 4.19. The summed E-state index contributed by atoms with van der Waals surface area (Å²) in [6.45, 7) is 3.87. The van der Waals surface area contributed by atoms with Gasteiger partial charge in [0.2, 0.25) is 11.8 Å². The first kappa shape index (κ1) is 33.7. The minimum absolute atomic E-state index is 0.0312. The van der Waals surface area contributed by atoms with Gasteiger partial charge >= 0.3 is 0 Å². The fourth-order valence-corrected chi connectivity index (χ4v) is 7.36. The number of hydrogen-bond donors (Lipinski definition) is 1. The molecule has 1 saturated carbocycles. The van der Waals surface area contributed by atoms with Gasteiger partial charge in [0.15, 0.2) is 0 Å². The fraction of sp³-hybridized carbons (Fsp3) is 0.316. The number of nitrogens with zero attached hydrogens (tertiary/aromatic N) is 2. The van der Waals surface area contributed by atoms with E-state index < -0.39 is 28.5 Å². The summed E-state index contributed by atoms with van der Waals surface area (Å²) < 4.78 is 35.2. The molecule has 0 aromatic heterocycles. The summed E-state index contributed by atoms with van der Waals surface area (Å²) in [7, 11) is -4.19. The number of ether oxygens (including phenoxy) is 1. The number of amides is 2. The predicted octanol–water partition coefficient (Wildman–Crippen LogP) is 6.29. The molecule has 1 atom stereocenters. The van der Waals surface area contributed by atoms with Gasteiger partial charge in [0, 0.05) is 19.0 Å². The molecule has 1 N–H and O–H groups in total. The molecule has 1 aliphatic rings. The van der Waals surface area contributed by atoms with Gasteiger partial charge in [0.05, 0.1) is 17.2 Å². The van der Waals surface area contributed by atoms with E-state index in [-0.39, 0.29) is 29.8 Å². The zero-order chi connectivity index (χ0) is 33.2. The number of carbonyl (C=O) groups excluding carboxylic acids is 2. The maximum absolute atomic E-state index is 14.6. The number of anilines is 1. The standard InChI is InChI=1S/C38H43N3O5S/c1-3-46-34-22-24-35(25-23-34)47(44,45)41(33-20-18-29(2)19-21-33)28-37(42)40(27-31-14-8-5-9-15-31)36(26-30-12-6-4-7-13-30)38(43)39-32-16-10-11-17-32/h4-9,12-15,18-25,32,36H,3,10-11,16-17,26-28H2,1-2H3,(H,39,43). The van der Waals surface area contributed by atoms with Gasteiger partial charge in [-0.05, 0) is 74.2 Å². The van der Waals surface area contributed by atoms with Crippen molar-refractivity contribution in [3.63, 3.8) is 0 Å². The van der Waals surface area contributed by atoms with Gasteiger partial charge in [-0.2, -0.15) is 0 Å². The Hall–Kier alpha value is -4.63. The highest BCUT2D eigenvalue weighted by Crippen LogP contribution is 2.27. The molecule has 0 radical (unpaired) electrons. The van der Waals surface area contributed by atoms with Gasteiger partial charge in [-0.25, -0.2) is 8.42 Å².